The van der Waals surface area contributed by atoms with Crippen LogP contribution in [0.3, 0.4) is 0 Å². The second-order valence-electron chi connectivity index (χ2n) is 4.66. The van der Waals surface area contributed by atoms with E-state index in [2.05, 4.69) is 0 Å². The molecule has 0 spiro atoms. The van der Waals surface area contributed by atoms with Crippen molar-refractivity contribution >= 4 is 13.5 Å². The fraction of sp³-hybridized carbons (Fsp3) is 0.500. The van der Waals surface area contributed by atoms with Gasteiger partial charge in [0, 0.05) is 12.1 Å². The van der Waals surface area contributed by atoms with Crippen molar-refractivity contribution in [3.8, 4) is 5.75 Å². The van der Waals surface area contributed by atoms with Gasteiger partial charge in [0.05, 0.1) is 11.5 Å². The van der Waals surface area contributed by atoms with Crippen LogP contribution in [-0.2, 0) is 9.09 Å². The molecule has 112 valence electrons. The Hall–Kier alpha value is -0.430. The fourth-order valence-electron chi connectivity index (χ4n) is 1.45. The zero-order valence-electron chi connectivity index (χ0n) is 12.4. The number of hydrogen-bond acceptors (Lipinski definition) is 6. The average molecular weight is 325 g/mol. The summed E-state index contributed by atoms with van der Waals surface area (Å²) in [4.78, 5) is 21.4. The smallest absolute Gasteiger partial charge is 0.746 e. The van der Waals surface area contributed by atoms with Gasteiger partial charge in [-0.1, -0.05) is 13.8 Å². The Morgan fingerprint density at radius 2 is 1.86 bits per heavy atom. The van der Waals surface area contributed by atoms with Gasteiger partial charge in [0.25, 0.3) is 5.69 Å². The minimum Gasteiger partial charge on any atom is -0.746 e. The van der Waals surface area contributed by atoms with Gasteiger partial charge in [-0.2, -0.15) is 0 Å². The fourth-order valence-corrected chi connectivity index (χ4v) is 2.24. The Morgan fingerprint density at radius 3 is 2.33 bits per heavy atom. The summed E-state index contributed by atoms with van der Waals surface area (Å²) in [5, 5.41) is 10.5. The molecule has 1 aromatic carbocycles. The van der Waals surface area contributed by atoms with Crippen molar-refractivity contribution in [2.45, 2.75) is 26.7 Å². The van der Waals surface area contributed by atoms with E-state index < -0.39 is 12.7 Å². The first-order chi connectivity index (χ1) is 9.30. The zero-order chi connectivity index (χ0) is 15.2. The van der Waals surface area contributed by atoms with Gasteiger partial charge in [-0.25, -0.2) is 0 Å². The molecule has 0 radical (unpaired) electrons. The van der Waals surface area contributed by atoms with Crippen LogP contribution in [0.5, 0.6) is 5.75 Å². The largest absolute Gasteiger partial charge is 1.00 e. The number of rotatable bonds is 8. The molecule has 0 N–H and O–H groups in total. The van der Waals surface area contributed by atoms with E-state index in [0.717, 1.165) is 18.6 Å². The van der Waals surface area contributed by atoms with Gasteiger partial charge in [-0.3, -0.25) is 14.7 Å². The first-order valence-electron chi connectivity index (χ1n) is 6.20. The van der Waals surface area contributed by atoms with E-state index in [1.54, 1.807) is 0 Å². The van der Waals surface area contributed by atoms with Crippen LogP contribution >= 0.6 is 7.82 Å². The maximum Gasteiger partial charge on any atom is 1.00 e. The maximum atomic E-state index is 11.5. The predicted molar refractivity (Wildman–Crippen MR) is 71.4 cm³/mol. The average Bonchev–Trinajstić information content (AvgIpc) is 2.34. The van der Waals surface area contributed by atoms with Gasteiger partial charge in [0.1, 0.15) is 5.75 Å². The third-order valence-corrected chi connectivity index (χ3v) is 3.37. The van der Waals surface area contributed by atoms with Crippen molar-refractivity contribution in [2.24, 2.45) is 5.92 Å². The Bertz CT molecular complexity index is 493. The summed E-state index contributed by atoms with van der Waals surface area (Å²) in [6, 6.07) is 4.74. The number of phosphoric acid groups is 1. The molecule has 0 aliphatic carbocycles. The third kappa shape index (κ3) is 8.56. The molecule has 0 aliphatic rings. The van der Waals surface area contributed by atoms with E-state index >= 15 is 0 Å². The van der Waals surface area contributed by atoms with Crippen LogP contribution in [0.25, 0.3) is 0 Å². The Balaban J connectivity index is 0.00000400. The molecule has 1 unspecified atom stereocenters. The van der Waals surface area contributed by atoms with Gasteiger partial charge in [0.2, 0.25) is 0 Å². The van der Waals surface area contributed by atoms with Crippen molar-refractivity contribution in [1.29, 1.82) is 0 Å². The monoisotopic (exact) mass is 325 g/mol. The summed E-state index contributed by atoms with van der Waals surface area (Å²) < 4.78 is 20.9. The number of nitro groups is 1. The van der Waals surface area contributed by atoms with Crippen LogP contribution in [0, 0.1) is 16.0 Å². The molecule has 1 aromatic rings. The van der Waals surface area contributed by atoms with E-state index in [4.69, 9.17) is 9.05 Å². The Morgan fingerprint density at radius 1 is 1.29 bits per heavy atom. The van der Waals surface area contributed by atoms with Crippen LogP contribution in [-0.4, -0.2) is 11.5 Å². The quantitative estimate of drug-likeness (QED) is 0.217. The number of phosphoric ester groups is 1. The van der Waals surface area contributed by atoms with E-state index in [1.807, 2.05) is 13.8 Å². The summed E-state index contributed by atoms with van der Waals surface area (Å²) >= 11 is 0. The van der Waals surface area contributed by atoms with Crippen LogP contribution in [0.4, 0.5) is 5.69 Å². The first-order valence-corrected chi connectivity index (χ1v) is 7.66. The molecule has 0 saturated heterocycles. The molecule has 7 nitrogen and oxygen atoms in total. The first kappa shape index (κ1) is 20.6. The molecular formula is C12H17NNaO6P. The molecule has 0 aromatic heterocycles. The van der Waals surface area contributed by atoms with E-state index in [9.17, 15) is 19.6 Å². The summed E-state index contributed by atoms with van der Waals surface area (Å²) in [6.07, 6.45) is 1.48. The van der Waals surface area contributed by atoms with Gasteiger partial charge in [-0.15, -0.1) is 0 Å². The SMILES string of the molecule is CC(C)CCCOP(=O)([O-])Oc1ccc([N+](=O)[O-])cc1.[Na+]. The molecule has 0 fully saturated rings. The van der Waals surface area contributed by atoms with Crippen LogP contribution < -0.4 is 39.0 Å². The van der Waals surface area contributed by atoms with Crippen LogP contribution in [0.15, 0.2) is 24.3 Å². The Labute approximate surface area is 145 Å². The molecular weight excluding hydrogens is 308 g/mol. The zero-order valence-corrected chi connectivity index (χ0v) is 15.2. The van der Waals surface area contributed by atoms with Gasteiger partial charge in [0.15, 0.2) is 0 Å². The van der Waals surface area contributed by atoms with E-state index in [0.29, 0.717) is 12.3 Å². The van der Waals surface area contributed by atoms with Gasteiger partial charge in [-0.05, 0) is 30.9 Å². The minimum atomic E-state index is -4.43. The minimum absolute atomic E-state index is 0. The number of hydrogen-bond donors (Lipinski definition) is 0. The number of nitro benzene ring substituents is 1. The van der Waals surface area contributed by atoms with Crippen molar-refractivity contribution < 1.29 is 53.0 Å². The molecule has 0 saturated carbocycles. The third-order valence-electron chi connectivity index (χ3n) is 2.44. The summed E-state index contributed by atoms with van der Waals surface area (Å²) in [5.41, 5.74) is -0.143. The molecule has 0 aliphatic heterocycles. The normalized spacial score (nSPS) is 13.3. The number of nitrogens with zero attached hydrogens (tertiary/aromatic N) is 1. The topological polar surface area (TPSA) is 102 Å². The molecule has 1 atom stereocenters. The number of non-ortho nitro benzene ring substituents is 1. The molecule has 9 heteroatoms. The van der Waals surface area contributed by atoms with Crippen molar-refractivity contribution in [3.05, 3.63) is 34.4 Å². The molecule has 1 rings (SSSR count). The Kier molecular flexibility index (Phi) is 9.36. The molecule has 21 heavy (non-hydrogen) atoms. The predicted octanol–water partition coefficient (Wildman–Crippen LogP) is -0.101. The van der Waals surface area contributed by atoms with Crippen molar-refractivity contribution in [3.63, 3.8) is 0 Å². The summed E-state index contributed by atoms with van der Waals surface area (Å²) in [5.74, 6) is 0.457. The second kappa shape index (κ2) is 9.56. The summed E-state index contributed by atoms with van der Waals surface area (Å²) in [7, 11) is -4.43. The molecule has 0 amide bonds. The molecule has 0 heterocycles. The standard InChI is InChI=1S/C12H18NO6P.Na/c1-10(2)4-3-9-18-20(16,17)19-12-7-5-11(6-8-12)13(14)15;/h5-8,10H,3-4,9H2,1-2H3,(H,16,17);/q;+1/p-1. The van der Waals surface area contributed by atoms with Crippen LogP contribution in [0.1, 0.15) is 26.7 Å². The van der Waals surface area contributed by atoms with E-state index in [1.165, 1.54) is 12.1 Å². The van der Waals surface area contributed by atoms with Crippen molar-refractivity contribution in [1.82, 2.24) is 0 Å². The maximum absolute atomic E-state index is 11.5. The van der Waals surface area contributed by atoms with Gasteiger partial charge >= 0.3 is 37.4 Å². The van der Waals surface area contributed by atoms with Crippen molar-refractivity contribution in [2.75, 3.05) is 6.61 Å². The summed E-state index contributed by atoms with van der Waals surface area (Å²) in [6.45, 7) is 4.13. The van der Waals surface area contributed by atoms with Gasteiger partial charge < -0.3 is 13.9 Å². The molecule has 0 bridgehead atoms. The second-order valence-corrected chi connectivity index (χ2v) is 5.99. The number of benzene rings is 1. The van der Waals surface area contributed by atoms with Crippen LogP contribution in [0.2, 0.25) is 0 Å². The van der Waals surface area contributed by atoms with E-state index in [-0.39, 0.29) is 47.6 Å².